The summed E-state index contributed by atoms with van der Waals surface area (Å²) in [5.74, 6) is 0.540. The SMILES string of the molecule is CSCC(Cl)(C#N)NCc1ccccn1. The standard InChI is InChI=1S/C10H12ClN3S/c1-15-8-10(11,7-12)14-6-9-4-2-3-5-13-9/h2-5,14H,6,8H2,1H3. The number of nitriles is 1. The van der Waals surface area contributed by atoms with Crippen molar-refractivity contribution < 1.29 is 0 Å². The van der Waals surface area contributed by atoms with Crippen LogP contribution in [0, 0.1) is 11.3 Å². The summed E-state index contributed by atoms with van der Waals surface area (Å²) in [4.78, 5) is 3.14. The minimum atomic E-state index is -1.00. The Kier molecular flexibility index (Phi) is 4.89. The Balaban J connectivity index is 2.52. The van der Waals surface area contributed by atoms with Crippen LogP contribution in [0.15, 0.2) is 24.4 Å². The van der Waals surface area contributed by atoms with Crippen LogP contribution in [0.3, 0.4) is 0 Å². The lowest BCUT2D eigenvalue weighted by atomic mass is 10.3. The van der Waals surface area contributed by atoms with Gasteiger partial charge in [-0.3, -0.25) is 10.3 Å². The molecule has 0 bridgehead atoms. The highest BCUT2D eigenvalue weighted by Gasteiger charge is 2.25. The second-order valence-electron chi connectivity index (χ2n) is 3.02. The van der Waals surface area contributed by atoms with Crippen molar-refractivity contribution in [2.24, 2.45) is 0 Å². The second-order valence-corrected chi connectivity index (χ2v) is 4.53. The van der Waals surface area contributed by atoms with Gasteiger partial charge in [0.05, 0.1) is 5.69 Å². The van der Waals surface area contributed by atoms with Gasteiger partial charge in [0, 0.05) is 18.5 Å². The molecule has 0 aromatic carbocycles. The molecular weight excluding hydrogens is 230 g/mol. The highest BCUT2D eigenvalue weighted by atomic mass is 35.5. The molecule has 80 valence electrons. The van der Waals surface area contributed by atoms with Crippen LogP contribution in [0.5, 0.6) is 0 Å². The molecule has 3 nitrogen and oxygen atoms in total. The third kappa shape index (κ3) is 4.08. The van der Waals surface area contributed by atoms with Gasteiger partial charge in [0.15, 0.2) is 5.00 Å². The molecule has 1 atom stereocenters. The lowest BCUT2D eigenvalue weighted by Gasteiger charge is -2.19. The van der Waals surface area contributed by atoms with Gasteiger partial charge in [-0.05, 0) is 18.4 Å². The van der Waals surface area contributed by atoms with Gasteiger partial charge >= 0.3 is 0 Å². The fraction of sp³-hybridized carbons (Fsp3) is 0.400. The van der Waals surface area contributed by atoms with E-state index in [0.29, 0.717) is 12.3 Å². The number of nitrogens with one attached hydrogen (secondary N) is 1. The van der Waals surface area contributed by atoms with Crippen molar-refractivity contribution in [1.29, 1.82) is 5.26 Å². The minimum Gasteiger partial charge on any atom is -0.281 e. The number of thioether (sulfide) groups is 1. The number of rotatable bonds is 5. The molecular formula is C10H12ClN3S. The summed E-state index contributed by atoms with van der Waals surface area (Å²) in [6, 6.07) is 7.70. The Bertz CT molecular complexity index is 338. The van der Waals surface area contributed by atoms with Gasteiger partial charge in [-0.15, -0.1) is 0 Å². The molecule has 1 unspecified atom stereocenters. The smallest absolute Gasteiger partial charge is 0.190 e. The molecule has 0 saturated heterocycles. The monoisotopic (exact) mass is 241 g/mol. The van der Waals surface area contributed by atoms with Crippen molar-refractivity contribution in [2.45, 2.75) is 11.5 Å². The van der Waals surface area contributed by atoms with Gasteiger partial charge in [-0.1, -0.05) is 17.7 Å². The van der Waals surface area contributed by atoms with Gasteiger partial charge in [-0.2, -0.15) is 17.0 Å². The number of halogens is 1. The summed E-state index contributed by atoms with van der Waals surface area (Å²) in [5, 5.41) is 11.9. The normalized spacial score (nSPS) is 14.2. The van der Waals surface area contributed by atoms with Crippen molar-refractivity contribution in [3.63, 3.8) is 0 Å². The fourth-order valence-corrected chi connectivity index (χ4v) is 2.01. The molecule has 0 amide bonds. The van der Waals surface area contributed by atoms with E-state index in [1.807, 2.05) is 24.5 Å². The molecule has 15 heavy (non-hydrogen) atoms. The molecule has 0 radical (unpaired) electrons. The Labute approximate surface area is 98.8 Å². The Morgan fingerprint density at radius 3 is 3.00 bits per heavy atom. The van der Waals surface area contributed by atoms with E-state index < -0.39 is 5.00 Å². The number of nitrogens with zero attached hydrogens (tertiary/aromatic N) is 2. The number of hydrogen-bond donors (Lipinski definition) is 1. The van der Waals surface area contributed by atoms with E-state index in [1.165, 1.54) is 11.8 Å². The van der Waals surface area contributed by atoms with Gasteiger partial charge in [0.1, 0.15) is 6.07 Å². The predicted octanol–water partition coefficient (Wildman–Crippen LogP) is 1.99. The van der Waals surface area contributed by atoms with Crippen molar-refractivity contribution in [3.05, 3.63) is 30.1 Å². The van der Waals surface area contributed by atoms with Crippen molar-refractivity contribution in [3.8, 4) is 6.07 Å². The van der Waals surface area contributed by atoms with Crippen LogP contribution < -0.4 is 5.32 Å². The van der Waals surface area contributed by atoms with Crippen LogP contribution in [0.25, 0.3) is 0 Å². The van der Waals surface area contributed by atoms with Crippen LogP contribution >= 0.6 is 23.4 Å². The first-order valence-corrected chi connectivity index (χ1v) is 6.21. The van der Waals surface area contributed by atoms with Crippen molar-refractivity contribution in [1.82, 2.24) is 10.3 Å². The zero-order valence-corrected chi connectivity index (χ0v) is 9.98. The lowest BCUT2D eigenvalue weighted by Crippen LogP contribution is -2.40. The van der Waals surface area contributed by atoms with Crippen LogP contribution in [-0.2, 0) is 6.54 Å². The summed E-state index contributed by atoms with van der Waals surface area (Å²) < 4.78 is 0. The number of hydrogen-bond acceptors (Lipinski definition) is 4. The summed E-state index contributed by atoms with van der Waals surface area (Å²) in [6.45, 7) is 0.498. The molecule has 0 fully saturated rings. The van der Waals surface area contributed by atoms with Crippen LogP contribution in [0.4, 0.5) is 0 Å². The maximum atomic E-state index is 8.92. The Hall–Kier alpha value is -0.760. The average molecular weight is 242 g/mol. The maximum absolute atomic E-state index is 8.92. The average Bonchev–Trinajstić information content (AvgIpc) is 2.28. The predicted molar refractivity (Wildman–Crippen MR) is 63.7 cm³/mol. The topological polar surface area (TPSA) is 48.7 Å². The zero-order valence-electron chi connectivity index (χ0n) is 8.40. The van der Waals surface area contributed by atoms with Crippen molar-refractivity contribution >= 4 is 23.4 Å². The quantitative estimate of drug-likeness (QED) is 0.633. The summed E-state index contributed by atoms with van der Waals surface area (Å²) in [7, 11) is 0. The molecule has 0 saturated carbocycles. The first kappa shape index (κ1) is 12.3. The van der Waals surface area contributed by atoms with Gasteiger partial charge in [-0.25, -0.2) is 0 Å². The maximum Gasteiger partial charge on any atom is 0.190 e. The van der Waals surface area contributed by atoms with E-state index in [4.69, 9.17) is 16.9 Å². The lowest BCUT2D eigenvalue weighted by molar-refractivity contribution is 0.588. The molecule has 1 aromatic heterocycles. The molecule has 1 aromatic rings. The van der Waals surface area contributed by atoms with E-state index in [1.54, 1.807) is 6.20 Å². The number of pyridine rings is 1. The fourth-order valence-electron chi connectivity index (χ4n) is 1.06. The van der Waals surface area contributed by atoms with Crippen LogP contribution in [0.1, 0.15) is 5.69 Å². The van der Waals surface area contributed by atoms with E-state index >= 15 is 0 Å². The van der Waals surface area contributed by atoms with Gasteiger partial charge in [0.2, 0.25) is 0 Å². The summed E-state index contributed by atoms with van der Waals surface area (Å²) in [5.41, 5.74) is 0.874. The third-order valence-corrected chi connectivity index (χ3v) is 3.03. The largest absolute Gasteiger partial charge is 0.281 e. The molecule has 1 N–H and O–H groups in total. The molecule has 5 heteroatoms. The first-order valence-electron chi connectivity index (χ1n) is 4.44. The molecule has 0 spiro atoms. The second kappa shape index (κ2) is 5.96. The Morgan fingerprint density at radius 1 is 1.67 bits per heavy atom. The molecule has 0 aliphatic carbocycles. The van der Waals surface area contributed by atoms with E-state index in [0.717, 1.165) is 5.69 Å². The highest BCUT2D eigenvalue weighted by molar-refractivity contribution is 7.98. The number of aromatic nitrogens is 1. The van der Waals surface area contributed by atoms with Crippen molar-refractivity contribution in [2.75, 3.05) is 12.0 Å². The van der Waals surface area contributed by atoms with Crippen LogP contribution in [0.2, 0.25) is 0 Å². The summed E-state index contributed by atoms with van der Waals surface area (Å²) in [6.07, 6.45) is 3.63. The first-order chi connectivity index (χ1) is 7.20. The highest BCUT2D eigenvalue weighted by Crippen LogP contribution is 2.16. The minimum absolute atomic E-state index is 0.498. The third-order valence-electron chi connectivity index (χ3n) is 1.80. The van der Waals surface area contributed by atoms with E-state index in [9.17, 15) is 0 Å². The molecule has 1 rings (SSSR count). The molecule has 0 aliphatic rings. The molecule has 0 aliphatic heterocycles. The van der Waals surface area contributed by atoms with E-state index in [-0.39, 0.29) is 0 Å². The van der Waals surface area contributed by atoms with Gasteiger partial charge in [0.25, 0.3) is 0 Å². The summed E-state index contributed by atoms with van der Waals surface area (Å²) >= 11 is 7.58. The zero-order chi connectivity index (χ0) is 11.1. The number of alkyl halides is 1. The van der Waals surface area contributed by atoms with Gasteiger partial charge < -0.3 is 0 Å². The van der Waals surface area contributed by atoms with Crippen LogP contribution in [-0.4, -0.2) is 22.0 Å². The Morgan fingerprint density at radius 2 is 2.47 bits per heavy atom. The van der Waals surface area contributed by atoms with E-state index in [2.05, 4.69) is 16.4 Å². The molecule has 1 heterocycles.